The van der Waals surface area contributed by atoms with E-state index in [4.69, 9.17) is 10.4 Å². The molecule has 6 nitrogen and oxygen atoms in total. The molecule has 2 aromatic carbocycles. The van der Waals surface area contributed by atoms with Gasteiger partial charge in [0.15, 0.2) is 0 Å². The highest BCUT2D eigenvalue weighted by Crippen LogP contribution is 2.34. The first-order chi connectivity index (χ1) is 11.5. The van der Waals surface area contributed by atoms with Crippen LogP contribution >= 0.6 is 0 Å². The normalized spacial score (nSPS) is 14.3. The minimum absolute atomic E-state index is 0.451. The molecule has 6 heteroatoms. The number of benzene rings is 2. The highest BCUT2D eigenvalue weighted by molar-refractivity contribution is 6.41. The second-order valence-corrected chi connectivity index (χ2v) is 5.42. The second-order valence-electron chi connectivity index (χ2n) is 5.42. The molecular formula is C18H20N4O2. The van der Waals surface area contributed by atoms with Crippen LogP contribution in [0.1, 0.15) is 27.7 Å². The first-order valence-corrected chi connectivity index (χ1v) is 7.48. The fraction of sp³-hybridized carbons (Fsp3) is 0.222. The van der Waals surface area contributed by atoms with Crippen molar-refractivity contribution in [1.29, 1.82) is 0 Å². The van der Waals surface area contributed by atoms with Crippen molar-refractivity contribution < 1.29 is 10.4 Å². The summed E-state index contributed by atoms with van der Waals surface area (Å²) in [5.41, 5.74) is 3.61. The average molecular weight is 324 g/mol. The maximum atomic E-state index is 8.91. The van der Waals surface area contributed by atoms with Crippen molar-refractivity contribution in [2.45, 2.75) is 27.7 Å². The van der Waals surface area contributed by atoms with Crippen LogP contribution in [-0.2, 0) is 0 Å². The van der Waals surface area contributed by atoms with E-state index in [0.29, 0.717) is 22.8 Å². The van der Waals surface area contributed by atoms with Gasteiger partial charge in [-0.05, 0) is 45.2 Å². The first-order valence-electron chi connectivity index (χ1n) is 7.48. The molecule has 0 radical (unpaired) electrons. The summed E-state index contributed by atoms with van der Waals surface area (Å²) in [6.45, 7) is 6.95. The zero-order valence-electron chi connectivity index (χ0n) is 14.1. The number of aliphatic imine (C=N–C) groups is 2. The fourth-order valence-electron chi connectivity index (χ4n) is 2.16. The van der Waals surface area contributed by atoms with Gasteiger partial charge in [-0.15, -0.1) is 0 Å². The molecule has 0 aromatic heterocycles. The van der Waals surface area contributed by atoms with Crippen molar-refractivity contribution in [3.8, 4) is 0 Å². The fourth-order valence-corrected chi connectivity index (χ4v) is 2.16. The Balaban J connectivity index is 2.71. The Morgan fingerprint density at radius 2 is 1.08 bits per heavy atom. The summed E-state index contributed by atoms with van der Waals surface area (Å²) in [5.74, 6) is 0. The third-order valence-electron chi connectivity index (χ3n) is 3.78. The van der Waals surface area contributed by atoms with Gasteiger partial charge in [0.2, 0.25) is 0 Å². The molecule has 0 atom stereocenters. The van der Waals surface area contributed by atoms with E-state index in [1.807, 2.05) is 36.4 Å². The molecule has 0 aliphatic rings. The third kappa shape index (κ3) is 3.65. The quantitative estimate of drug-likeness (QED) is 0.484. The predicted octanol–water partition coefficient (Wildman–Crippen LogP) is 4.72. The third-order valence-corrected chi connectivity index (χ3v) is 3.78. The maximum absolute atomic E-state index is 8.91. The van der Waals surface area contributed by atoms with E-state index in [1.165, 1.54) is 0 Å². The first kappa shape index (κ1) is 17.3. The van der Waals surface area contributed by atoms with Gasteiger partial charge in [0.1, 0.15) is 0 Å². The van der Waals surface area contributed by atoms with Gasteiger partial charge in [0, 0.05) is 5.39 Å². The molecule has 2 rings (SSSR count). The van der Waals surface area contributed by atoms with E-state index in [2.05, 4.69) is 20.3 Å². The molecule has 0 fully saturated rings. The lowest BCUT2D eigenvalue weighted by atomic mass is 10.1. The minimum atomic E-state index is 0.451. The monoisotopic (exact) mass is 324 g/mol. The number of hydrogen-bond acceptors (Lipinski definition) is 6. The Hall–Kier alpha value is -3.02. The van der Waals surface area contributed by atoms with Crippen LogP contribution < -0.4 is 0 Å². The average Bonchev–Trinajstić information content (AvgIpc) is 2.60. The van der Waals surface area contributed by atoms with E-state index < -0.39 is 0 Å². The van der Waals surface area contributed by atoms with E-state index in [0.717, 1.165) is 22.1 Å². The van der Waals surface area contributed by atoms with Crippen LogP contribution in [0.2, 0.25) is 0 Å². The summed E-state index contributed by atoms with van der Waals surface area (Å²) < 4.78 is 0. The Morgan fingerprint density at radius 3 is 1.46 bits per heavy atom. The van der Waals surface area contributed by atoms with Crippen LogP contribution in [0, 0.1) is 0 Å². The molecular weight excluding hydrogens is 304 g/mol. The summed E-state index contributed by atoms with van der Waals surface area (Å²) in [4.78, 5) is 9.14. The standard InChI is InChI=1S/C18H20N4O2/c1-11(13(3)21-23)19-16-9-5-7-15-8-6-10-17(18(15)16)20-12(2)14(4)22-24/h5-10,23-24H,1-4H3/b19-11?,20-12?,21-13+,22-14?. The van der Waals surface area contributed by atoms with Crippen LogP contribution in [0.25, 0.3) is 10.8 Å². The molecule has 2 aromatic rings. The maximum Gasteiger partial charge on any atom is 0.0976 e. The van der Waals surface area contributed by atoms with Gasteiger partial charge in [0.25, 0.3) is 0 Å². The molecule has 124 valence electrons. The zero-order chi connectivity index (χ0) is 17.7. The molecule has 0 aliphatic carbocycles. The van der Waals surface area contributed by atoms with E-state index in [-0.39, 0.29) is 0 Å². The molecule has 2 N–H and O–H groups in total. The minimum Gasteiger partial charge on any atom is -0.411 e. The molecule has 0 aliphatic heterocycles. The van der Waals surface area contributed by atoms with Crippen molar-refractivity contribution in [2.75, 3.05) is 0 Å². The van der Waals surface area contributed by atoms with E-state index in [1.54, 1.807) is 27.7 Å². The lowest BCUT2D eigenvalue weighted by Gasteiger charge is -2.08. The molecule has 0 spiro atoms. The van der Waals surface area contributed by atoms with Gasteiger partial charge in [-0.1, -0.05) is 34.6 Å². The van der Waals surface area contributed by atoms with Crippen LogP contribution in [0.4, 0.5) is 11.4 Å². The van der Waals surface area contributed by atoms with Crippen LogP contribution in [0.3, 0.4) is 0 Å². The summed E-state index contributed by atoms with van der Waals surface area (Å²) in [5, 5.41) is 26.1. The van der Waals surface area contributed by atoms with Crippen molar-refractivity contribution in [1.82, 2.24) is 0 Å². The van der Waals surface area contributed by atoms with Gasteiger partial charge in [0.05, 0.1) is 34.2 Å². The summed E-state index contributed by atoms with van der Waals surface area (Å²) in [6, 6.07) is 11.6. The molecule has 24 heavy (non-hydrogen) atoms. The summed E-state index contributed by atoms with van der Waals surface area (Å²) in [7, 11) is 0. The number of rotatable bonds is 4. The molecule has 0 heterocycles. The lowest BCUT2D eigenvalue weighted by molar-refractivity contribution is 0.319. The van der Waals surface area contributed by atoms with Gasteiger partial charge in [-0.25, -0.2) is 0 Å². The number of oxime groups is 2. The van der Waals surface area contributed by atoms with Gasteiger partial charge < -0.3 is 10.4 Å². The highest BCUT2D eigenvalue weighted by Gasteiger charge is 2.08. The predicted molar refractivity (Wildman–Crippen MR) is 99.3 cm³/mol. The molecule has 0 unspecified atom stereocenters. The Labute approximate surface area is 140 Å². The largest absolute Gasteiger partial charge is 0.411 e. The van der Waals surface area contributed by atoms with Gasteiger partial charge in [-0.3, -0.25) is 9.98 Å². The Bertz CT molecular complexity index is 811. The zero-order valence-corrected chi connectivity index (χ0v) is 14.1. The van der Waals surface area contributed by atoms with Crippen molar-refractivity contribution in [2.24, 2.45) is 20.3 Å². The lowest BCUT2D eigenvalue weighted by Crippen LogP contribution is -2.05. The van der Waals surface area contributed by atoms with Crippen LogP contribution in [-0.4, -0.2) is 33.3 Å². The molecule has 0 saturated heterocycles. The highest BCUT2D eigenvalue weighted by atomic mass is 16.4. The van der Waals surface area contributed by atoms with E-state index in [9.17, 15) is 0 Å². The Kier molecular flexibility index (Phi) is 5.42. The van der Waals surface area contributed by atoms with Crippen LogP contribution in [0.5, 0.6) is 0 Å². The molecule has 0 bridgehead atoms. The molecule has 0 amide bonds. The Morgan fingerprint density at radius 1 is 0.667 bits per heavy atom. The summed E-state index contributed by atoms with van der Waals surface area (Å²) >= 11 is 0. The smallest absolute Gasteiger partial charge is 0.0976 e. The summed E-state index contributed by atoms with van der Waals surface area (Å²) in [6.07, 6.45) is 0. The second kappa shape index (κ2) is 7.50. The van der Waals surface area contributed by atoms with Gasteiger partial charge >= 0.3 is 0 Å². The number of hydrogen-bond donors (Lipinski definition) is 2. The van der Waals surface area contributed by atoms with Crippen molar-refractivity contribution >= 4 is 45.0 Å². The topological polar surface area (TPSA) is 89.9 Å². The van der Waals surface area contributed by atoms with Crippen molar-refractivity contribution in [3.63, 3.8) is 0 Å². The number of nitrogens with zero attached hydrogens (tertiary/aromatic N) is 4. The van der Waals surface area contributed by atoms with Crippen LogP contribution in [0.15, 0.2) is 56.7 Å². The van der Waals surface area contributed by atoms with Gasteiger partial charge in [-0.2, -0.15) is 0 Å². The molecule has 0 saturated carbocycles. The SMILES string of the molecule is CC(=NO)C(C)=Nc1cccc2cccc(N=C(C)/C(C)=N/O)c12. The number of fused-ring (bicyclic) bond motifs is 1. The van der Waals surface area contributed by atoms with E-state index >= 15 is 0 Å². The van der Waals surface area contributed by atoms with Crippen molar-refractivity contribution in [3.05, 3.63) is 36.4 Å².